The molecule has 4 nitrogen and oxygen atoms in total. The van der Waals surface area contributed by atoms with E-state index in [1.54, 1.807) is 24.3 Å². The number of rotatable bonds is 2. The number of carbonyl (C=O) groups is 1. The number of nitrogens with zero attached hydrogens (tertiary/aromatic N) is 2. The molecular formula is C21H21FN2O2. The Bertz CT molecular complexity index is 991. The van der Waals surface area contributed by atoms with Crippen LogP contribution in [0, 0.1) is 12.7 Å². The van der Waals surface area contributed by atoms with Crippen LogP contribution in [0.25, 0.3) is 10.9 Å². The zero-order valence-electron chi connectivity index (χ0n) is 14.9. The average molecular weight is 352 g/mol. The van der Waals surface area contributed by atoms with Crippen molar-refractivity contribution < 1.29 is 14.3 Å². The number of halogens is 1. The fraction of sp³-hybridized carbons (Fsp3) is 0.286. The highest BCUT2D eigenvalue weighted by Crippen LogP contribution is 2.33. The standard InChI is InChI=1S/C21H21FN2O2/c1-13-20(18-11-17(25)7-8-19(18)23(13)2)21(26)24-10-9-15(12-24)14-3-5-16(22)6-4-14/h3-8,11,15,25H,9-10,12H2,1-2H3/t15-/m1/s1. The minimum Gasteiger partial charge on any atom is -0.508 e. The van der Waals surface area contributed by atoms with Gasteiger partial charge in [-0.15, -0.1) is 0 Å². The van der Waals surface area contributed by atoms with Gasteiger partial charge < -0.3 is 14.6 Å². The van der Waals surface area contributed by atoms with Crippen LogP contribution in [-0.4, -0.2) is 33.6 Å². The van der Waals surface area contributed by atoms with Crippen LogP contribution in [0.3, 0.4) is 0 Å². The molecule has 1 aromatic heterocycles. The molecule has 0 spiro atoms. The smallest absolute Gasteiger partial charge is 0.256 e. The minimum atomic E-state index is -0.245. The Morgan fingerprint density at radius 2 is 1.92 bits per heavy atom. The van der Waals surface area contributed by atoms with E-state index in [-0.39, 0.29) is 23.4 Å². The molecule has 0 saturated carbocycles. The summed E-state index contributed by atoms with van der Waals surface area (Å²) in [6.45, 7) is 3.23. The Labute approximate surface area is 151 Å². The number of amides is 1. The van der Waals surface area contributed by atoms with E-state index >= 15 is 0 Å². The predicted octanol–water partition coefficient (Wildman–Crippen LogP) is 3.96. The zero-order chi connectivity index (χ0) is 18.4. The normalized spacial score (nSPS) is 17.2. The molecule has 26 heavy (non-hydrogen) atoms. The van der Waals surface area contributed by atoms with E-state index in [1.807, 2.05) is 29.5 Å². The summed E-state index contributed by atoms with van der Waals surface area (Å²) in [6.07, 6.45) is 0.867. The molecule has 0 bridgehead atoms. The van der Waals surface area contributed by atoms with E-state index in [9.17, 15) is 14.3 Å². The minimum absolute atomic E-state index is 0.0108. The van der Waals surface area contributed by atoms with Crippen molar-refractivity contribution in [2.24, 2.45) is 7.05 Å². The number of aromatic nitrogens is 1. The van der Waals surface area contributed by atoms with Crippen molar-refractivity contribution in [1.29, 1.82) is 0 Å². The van der Waals surface area contributed by atoms with Crippen LogP contribution in [0.2, 0.25) is 0 Å². The number of carbonyl (C=O) groups excluding carboxylic acids is 1. The first-order valence-corrected chi connectivity index (χ1v) is 8.78. The summed E-state index contributed by atoms with van der Waals surface area (Å²) < 4.78 is 15.1. The van der Waals surface area contributed by atoms with Crippen LogP contribution in [0.5, 0.6) is 5.75 Å². The molecule has 1 aliphatic heterocycles. The van der Waals surface area contributed by atoms with Gasteiger partial charge in [0, 0.05) is 42.7 Å². The van der Waals surface area contributed by atoms with E-state index in [4.69, 9.17) is 0 Å². The summed E-state index contributed by atoms with van der Waals surface area (Å²) in [6, 6.07) is 11.7. The van der Waals surface area contributed by atoms with Gasteiger partial charge in [0.25, 0.3) is 5.91 Å². The Morgan fingerprint density at radius 3 is 2.65 bits per heavy atom. The molecule has 0 aliphatic carbocycles. The monoisotopic (exact) mass is 352 g/mol. The first-order valence-electron chi connectivity index (χ1n) is 8.78. The lowest BCUT2D eigenvalue weighted by atomic mass is 9.98. The SMILES string of the molecule is Cc1c(C(=O)N2CC[C@@H](c3ccc(F)cc3)C2)c2cc(O)ccc2n1C. The van der Waals surface area contributed by atoms with Crippen molar-refractivity contribution in [2.45, 2.75) is 19.3 Å². The summed E-state index contributed by atoms with van der Waals surface area (Å²) >= 11 is 0. The van der Waals surface area contributed by atoms with Crippen LogP contribution < -0.4 is 0 Å². The number of benzene rings is 2. The second-order valence-corrected chi connectivity index (χ2v) is 7.01. The molecule has 4 rings (SSSR count). The van der Waals surface area contributed by atoms with Gasteiger partial charge in [-0.25, -0.2) is 4.39 Å². The fourth-order valence-corrected chi connectivity index (χ4v) is 3.94. The number of hydrogen-bond donors (Lipinski definition) is 1. The van der Waals surface area contributed by atoms with Crippen molar-refractivity contribution >= 4 is 16.8 Å². The summed E-state index contributed by atoms with van der Waals surface area (Å²) in [7, 11) is 1.93. The van der Waals surface area contributed by atoms with Crippen LogP contribution >= 0.6 is 0 Å². The van der Waals surface area contributed by atoms with E-state index < -0.39 is 0 Å². The maximum absolute atomic E-state index is 13.2. The molecule has 134 valence electrons. The van der Waals surface area contributed by atoms with Crippen LogP contribution in [0.15, 0.2) is 42.5 Å². The Morgan fingerprint density at radius 1 is 1.19 bits per heavy atom. The quantitative estimate of drug-likeness (QED) is 0.759. The number of hydrogen-bond acceptors (Lipinski definition) is 2. The van der Waals surface area contributed by atoms with Gasteiger partial charge in [-0.05, 0) is 49.2 Å². The van der Waals surface area contributed by atoms with Crippen molar-refractivity contribution in [2.75, 3.05) is 13.1 Å². The van der Waals surface area contributed by atoms with E-state index in [0.717, 1.165) is 28.6 Å². The molecule has 3 aromatic rings. The molecule has 5 heteroatoms. The topological polar surface area (TPSA) is 45.5 Å². The van der Waals surface area contributed by atoms with Crippen molar-refractivity contribution in [3.8, 4) is 5.75 Å². The number of fused-ring (bicyclic) bond motifs is 1. The van der Waals surface area contributed by atoms with Gasteiger partial charge in [0.15, 0.2) is 0 Å². The Kier molecular flexibility index (Phi) is 3.94. The van der Waals surface area contributed by atoms with Crippen LogP contribution in [-0.2, 0) is 7.05 Å². The summed E-state index contributed by atoms with van der Waals surface area (Å²) in [4.78, 5) is 15.1. The maximum Gasteiger partial charge on any atom is 0.256 e. The second-order valence-electron chi connectivity index (χ2n) is 7.01. The number of phenolic OH excluding ortho intramolecular Hbond substituents is 1. The van der Waals surface area contributed by atoms with Crippen molar-refractivity contribution in [1.82, 2.24) is 9.47 Å². The maximum atomic E-state index is 13.2. The summed E-state index contributed by atoms with van der Waals surface area (Å²) in [5, 5.41) is 10.6. The van der Waals surface area contributed by atoms with Crippen LogP contribution in [0.4, 0.5) is 4.39 Å². The van der Waals surface area contributed by atoms with Gasteiger partial charge in [-0.2, -0.15) is 0 Å². The summed E-state index contributed by atoms with van der Waals surface area (Å²) in [5.41, 5.74) is 3.53. The van der Waals surface area contributed by atoms with Gasteiger partial charge in [0.1, 0.15) is 11.6 Å². The Hall–Kier alpha value is -2.82. The van der Waals surface area contributed by atoms with Crippen LogP contribution in [0.1, 0.15) is 34.0 Å². The third-order valence-electron chi connectivity index (χ3n) is 5.51. The van der Waals surface area contributed by atoms with Gasteiger partial charge in [0.2, 0.25) is 0 Å². The zero-order valence-corrected chi connectivity index (χ0v) is 14.9. The highest BCUT2D eigenvalue weighted by molar-refractivity contribution is 6.08. The number of aromatic hydroxyl groups is 1. The van der Waals surface area contributed by atoms with E-state index in [1.165, 1.54) is 12.1 Å². The second kappa shape index (κ2) is 6.16. The molecule has 1 aliphatic rings. The van der Waals surface area contributed by atoms with Gasteiger partial charge in [0.05, 0.1) is 5.56 Å². The average Bonchev–Trinajstić information content (AvgIpc) is 3.20. The molecule has 1 N–H and O–H groups in total. The lowest BCUT2D eigenvalue weighted by Crippen LogP contribution is -2.29. The molecule has 1 amide bonds. The van der Waals surface area contributed by atoms with Gasteiger partial charge >= 0.3 is 0 Å². The predicted molar refractivity (Wildman–Crippen MR) is 99.0 cm³/mol. The molecule has 0 unspecified atom stereocenters. The number of phenols is 1. The summed E-state index contributed by atoms with van der Waals surface area (Å²) in [5.74, 6) is 0.125. The Balaban J connectivity index is 1.65. The lowest BCUT2D eigenvalue weighted by Gasteiger charge is -2.17. The molecule has 2 heterocycles. The van der Waals surface area contributed by atoms with E-state index in [2.05, 4.69) is 0 Å². The fourth-order valence-electron chi connectivity index (χ4n) is 3.94. The highest BCUT2D eigenvalue weighted by Gasteiger charge is 2.30. The van der Waals surface area contributed by atoms with Gasteiger partial charge in [-0.1, -0.05) is 12.1 Å². The molecule has 0 radical (unpaired) electrons. The molecule has 1 fully saturated rings. The first-order chi connectivity index (χ1) is 12.5. The third-order valence-corrected chi connectivity index (χ3v) is 5.51. The van der Waals surface area contributed by atoms with E-state index in [0.29, 0.717) is 18.7 Å². The first kappa shape index (κ1) is 16.6. The molecule has 1 saturated heterocycles. The molecule has 1 atom stereocenters. The molecule has 2 aromatic carbocycles. The number of likely N-dealkylation sites (tertiary alicyclic amines) is 1. The number of aryl methyl sites for hydroxylation is 1. The van der Waals surface area contributed by atoms with Crippen molar-refractivity contribution in [3.05, 3.63) is 65.1 Å². The third kappa shape index (κ3) is 2.64. The lowest BCUT2D eigenvalue weighted by molar-refractivity contribution is 0.0791. The van der Waals surface area contributed by atoms with Gasteiger partial charge in [-0.3, -0.25) is 4.79 Å². The molecular weight excluding hydrogens is 331 g/mol. The van der Waals surface area contributed by atoms with Crippen molar-refractivity contribution in [3.63, 3.8) is 0 Å². The largest absolute Gasteiger partial charge is 0.508 e. The highest BCUT2D eigenvalue weighted by atomic mass is 19.1.